The van der Waals surface area contributed by atoms with Crippen molar-refractivity contribution in [3.05, 3.63) is 35.4 Å². The lowest BCUT2D eigenvalue weighted by molar-refractivity contribution is -0.160. The van der Waals surface area contributed by atoms with Crippen LogP contribution in [0.2, 0.25) is 0 Å². The summed E-state index contributed by atoms with van der Waals surface area (Å²) in [6.45, 7) is 0.496. The highest BCUT2D eigenvalue weighted by molar-refractivity contribution is 6.18. The van der Waals surface area contributed by atoms with Gasteiger partial charge in [-0.05, 0) is 12.5 Å². The molecule has 0 atom stereocenters. The molecule has 1 rings (SSSR count). The molecule has 0 N–H and O–H groups in total. The fourth-order valence-corrected chi connectivity index (χ4v) is 1.92. The van der Waals surface area contributed by atoms with E-state index in [0.29, 0.717) is 5.56 Å². The van der Waals surface area contributed by atoms with Crippen LogP contribution in [0.25, 0.3) is 0 Å². The first kappa shape index (κ1) is 15.8. The van der Waals surface area contributed by atoms with Crippen LogP contribution >= 0.6 is 11.6 Å². The predicted molar refractivity (Wildman–Crippen MR) is 68.2 cm³/mol. The molecule has 0 spiro atoms. The van der Waals surface area contributed by atoms with E-state index in [0.717, 1.165) is 10.5 Å². The summed E-state index contributed by atoms with van der Waals surface area (Å²) in [5.74, 6) is -0.584. The second-order valence-electron chi connectivity index (χ2n) is 4.29. The number of carbonyl (C=O) groups excluding carboxylic acids is 1. The van der Waals surface area contributed by atoms with Crippen molar-refractivity contribution >= 4 is 17.5 Å². The highest BCUT2D eigenvalue weighted by atomic mass is 35.5. The fourth-order valence-electron chi connectivity index (χ4n) is 1.72. The number of hydrogen-bond donors (Lipinski definition) is 0. The van der Waals surface area contributed by atoms with E-state index in [1.165, 1.54) is 0 Å². The van der Waals surface area contributed by atoms with Gasteiger partial charge in [-0.15, -0.1) is 11.6 Å². The zero-order valence-electron chi connectivity index (χ0n) is 10.5. The van der Waals surface area contributed by atoms with E-state index >= 15 is 0 Å². The Kier molecular flexibility index (Phi) is 5.66. The van der Waals surface area contributed by atoms with Crippen LogP contribution in [0.15, 0.2) is 24.3 Å². The molecule has 0 saturated heterocycles. The molecule has 0 bridgehead atoms. The van der Waals surface area contributed by atoms with Gasteiger partial charge in [0.2, 0.25) is 5.91 Å². The van der Waals surface area contributed by atoms with Gasteiger partial charge in [-0.3, -0.25) is 4.79 Å². The van der Waals surface area contributed by atoms with Crippen LogP contribution in [-0.4, -0.2) is 36.0 Å². The molecule has 0 aliphatic carbocycles. The molecule has 106 valence electrons. The lowest BCUT2D eigenvalue weighted by atomic mass is 10.1. The maximum absolute atomic E-state index is 12.4. The van der Waals surface area contributed by atoms with Crippen LogP contribution < -0.4 is 0 Å². The van der Waals surface area contributed by atoms with E-state index < -0.39 is 18.6 Å². The van der Waals surface area contributed by atoms with Crippen molar-refractivity contribution in [2.45, 2.75) is 19.5 Å². The summed E-state index contributed by atoms with van der Waals surface area (Å²) in [5.41, 5.74) is 1.66. The molecule has 0 aromatic heterocycles. The molecule has 0 aliphatic rings. The Morgan fingerprint density at radius 2 is 2.05 bits per heavy atom. The number of hydrogen-bond acceptors (Lipinski definition) is 1. The quantitative estimate of drug-likeness (QED) is 0.764. The smallest absolute Gasteiger partial charge is 0.332 e. The molecule has 1 aromatic carbocycles. The normalized spacial score (nSPS) is 11.4. The SMILES string of the molecule is Cc1cccc(CC(=O)N(CCCl)CC(F)(F)F)c1. The molecule has 0 radical (unpaired) electrons. The average Bonchev–Trinajstić information content (AvgIpc) is 2.26. The number of halogens is 4. The van der Waals surface area contributed by atoms with Crippen LogP contribution in [0, 0.1) is 6.92 Å². The summed E-state index contributed by atoms with van der Waals surface area (Å²) in [6.07, 6.45) is -4.46. The number of alkyl halides is 4. The van der Waals surface area contributed by atoms with E-state index in [1.807, 2.05) is 13.0 Å². The molecular formula is C13H15ClF3NO. The van der Waals surface area contributed by atoms with E-state index in [2.05, 4.69) is 0 Å². The molecule has 19 heavy (non-hydrogen) atoms. The van der Waals surface area contributed by atoms with Crippen LogP contribution in [0.4, 0.5) is 13.2 Å². The molecule has 0 aliphatic heterocycles. The van der Waals surface area contributed by atoms with E-state index in [4.69, 9.17) is 11.6 Å². The Bertz CT molecular complexity index is 434. The molecule has 0 saturated carbocycles. The maximum atomic E-state index is 12.4. The molecule has 0 unspecified atom stereocenters. The Morgan fingerprint density at radius 3 is 2.58 bits per heavy atom. The number of rotatable bonds is 5. The third kappa shape index (κ3) is 5.96. The first-order chi connectivity index (χ1) is 8.81. The van der Waals surface area contributed by atoms with Crippen molar-refractivity contribution in [3.63, 3.8) is 0 Å². The number of nitrogens with zero attached hydrogens (tertiary/aromatic N) is 1. The van der Waals surface area contributed by atoms with E-state index in [9.17, 15) is 18.0 Å². The van der Waals surface area contributed by atoms with Crippen molar-refractivity contribution in [1.82, 2.24) is 4.90 Å². The summed E-state index contributed by atoms with van der Waals surface area (Å²) in [7, 11) is 0. The average molecular weight is 294 g/mol. The van der Waals surface area contributed by atoms with Gasteiger partial charge < -0.3 is 4.90 Å². The van der Waals surface area contributed by atoms with E-state index in [-0.39, 0.29) is 18.8 Å². The standard InChI is InChI=1S/C13H15ClF3NO/c1-10-3-2-4-11(7-10)8-12(19)18(6-5-14)9-13(15,16)17/h2-4,7H,5-6,8-9H2,1H3. The van der Waals surface area contributed by atoms with Gasteiger partial charge in [0.1, 0.15) is 6.54 Å². The summed E-state index contributed by atoms with van der Waals surface area (Å²) in [6, 6.07) is 7.13. The number of aryl methyl sites for hydroxylation is 1. The Hall–Kier alpha value is -1.23. The Morgan fingerprint density at radius 1 is 1.37 bits per heavy atom. The van der Waals surface area contributed by atoms with Gasteiger partial charge in [0.25, 0.3) is 0 Å². The third-order valence-electron chi connectivity index (χ3n) is 2.52. The highest BCUT2D eigenvalue weighted by Gasteiger charge is 2.32. The van der Waals surface area contributed by atoms with E-state index in [1.54, 1.807) is 18.2 Å². The maximum Gasteiger partial charge on any atom is 0.406 e. The molecule has 2 nitrogen and oxygen atoms in total. The molecular weight excluding hydrogens is 279 g/mol. The van der Waals surface area contributed by atoms with Crippen molar-refractivity contribution in [3.8, 4) is 0 Å². The van der Waals surface area contributed by atoms with Crippen LogP contribution in [0.3, 0.4) is 0 Å². The molecule has 6 heteroatoms. The monoisotopic (exact) mass is 293 g/mol. The van der Waals surface area contributed by atoms with Crippen molar-refractivity contribution in [1.29, 1.82) is 0 Å². The minimum Gasteiger partial charge on any atom is -0.332 e. The van der Waals surface area contributed by atoms with Crippen molar-refractivity contribution < 1.29 is 18.0 Å². The Balaban J connectivity index is 2.71. The minimum absolute atomic E-state index is 0.0182. The molecule has 1 aromatic rings. The third-order valence-corrected chi connectivity index (χ3v) is 2.68. The minimum atomic E-state index is -4.41. The molecule has 1 amide bonds. The second kappa shape index (κ2) is 6.80. The number of amides is 1. The predicted octanol–water partition coefficient (Wildman–Crippen LogP) is 3.17. The van der Waals surface area contributed by atoms with Gasteiger partial charge in [0, 0.05) is 12.4 Å². The fraction of sp³-hybridized carbons (Fsp3) is 0.462. The molecule has 0 heterocycles. The van der Waals surface area contributed by atoms with Crippen LogP contribution in [0.1, 0.15) is 11.1 Å². The highest BCUT2D eigenvalue weighted by Crippen LogP contribution is 2.17. The van der Waals surface area contributed by atoms with Gasteiger partial charge in [-0.25, -0.2) is 0 Å². The van der Waals surface area contributed by atoms with Gasteiger partial charge in [-0.2, -0.15) is 13.2 Å². The first-order valence-electron chi connectivity index (χ1n) is 5.78. The van der Waals surface area contributed by atoms with Gasteiger partial charge in [-0.1, -0.05) is 29.8 Å². The van der Waals surface area contributed by atoms with Crippen molar-refractivity contribution in [2.75, 3.05) is 19.0 Å². The number of benzene rings is 1. The van der Waals surface area contributed by atoms with Gasteiger partial charge in [0.15, 0.2) is 0 Å². The first-order valence-corrected chi connectivity index (χ1v) is 6.31. The van der Waals surface area contributed by atoms with Gasteiger partial charge >= 0.3 is 6.18 Å². The summed E-state index contributed by atoms with van der Waals surface area (Å²) in [5, 5.41) is 0. The lowest BCUT2D eigenvalue weighted by Gasteiger charge is -2.23. The second-order valence-corrected chi connectivity index (χ2v) is 4.66. The zero-order chi connectivity index (χ0) is 14.5. The topological polar surface area (TPSA) is 20.3 Å². The summed E-state index contributed by atoms with van der Waals surface area (Å²) >= 11 is 5.44. The van der Waals surface area contributed by atoms with Gasteiger partial charge in [0.05, 0.1) is 6.42 Å². The molecule has 0 fully saturated rings. The lowest BCUT2D eigenvalue weighted by Crippen LogP contribution is -2.40. The Labute approximate surface area is 115 Å². The van der Waals surface area contributed by atoms with Crippen LogP contribution in [0.5, 0.6) is 0 Å². The summed E-state index contributed by atoms with van der Waals surface area (Å²) < 4.78 is 37.1. The largest absolute Gasteiger partial charge is 0.406 e. The zero-order valence-corrected chi connectivity index (χ0v) is 11.3. The van der Waals surface area contributed by atoms with Crippen LogP contribution in [-0.2, 0) is 11.2 Å². The number of carbonyl (C=O) groups is 1. The summed E-state index contributed by atoms with van der Waals surface area (Å²) in [4.78, 5) is 12.6. The van der Waals surface area contributed by atoms with Crippen molar-refractivity contribution in [2.24, 2.45) is 0 Å².